The van der Waals surface area contributed by atoms with Gasteiger partial charge in [0.2, 0.25) is 5.91 Å². The van der Waals surface area contributed by atoms with E-state index in [1.807, 2.05) is 6.26 Å². The van der Waals surface area contributed by atoms with Crippen molar-refractivity contribution < 1.29 is 36.0 Å². The monoisotopic (exact) mass is 570 g/mol. The van der Waals surface area contributed by atoms with E-state index in [4.69, 9.17) is 28.0 Å². The van der Waals surface area contributed by atoms with Crippen molar-refractivity contribution in [1.29, 1.82) is 0 Å². The molecule has 2 aromatic carbocycles. The first-order valence-electron chi connectivity index (χ1n) is 10.5. The van der Waals surface area contributed by atoms with Crippen molar-refractivity contribution in [2.24, 2.45) is 5.16 Å². The minimum Gasteiger partial charge on any atom is -0.374 e. The summed E-state index contributed by atoms with van der Waals surface area (Å²) >= 11 is 12.8. The van der Waals surface area contributed by atoms with Crippen LogP contribution >= 0.6 is 35.0 Å². The summed E-state index contributed by atoms with van der Waals surface area (Å²) < 4.78 is 82.9. The van der Waals surface area contributed by atoms with Crippen molar-refractivity contribution in [2.75, 3.05) is 25.1 Å². The zero-order valence-electron chi connectivity index (χ0n) is 18.5. The number of likely N-dealkylation sites (tertiary alicyclic amines) is 1. The van der Waals surface area contributed by atoms with Gasteiger partial charge in [-0.15, -0.1) is 0 Å². The van der Waals surface area contributed by atoms with Crippen LogP contribution in [0.3, 0.4) is 0 Å². The lowest BCUT2D eigenvalue weighted by molar-refractivity contribution is -0.276. The number of alkyl halides is 6. The van der Waals surface area contributed by atoms with Crippen LogP contribution in [0, 0.1) is 0 Å². The molecule has 13 heteroatoms. The third-order valence-corrected chi connectivity index (χ3v) is 7.54. The topological polar surface area (TPSA) is 41.9 Å². The first kappa shape index (κ1) is 26.9. The zero-order chi connectivity index (χ0) is 26.5. The Morgan fingerprint density at radius 1 is 1.14 bits per heavy atom. The molecule has 194 valence electrons. The molecule has 36 heavy (non-hydrogen) atoms. The van der Waals surface area contributed by atoms with Gasteiger partial charge in [-0.3, -0.25) is 4.79 Å². The highest BCUT2D eigenvalue weighted by Gasteiger charge is 2.63. The molecule has 0 radical (unpaired) electrons. The lowest BCUT2D eigenvalue weighted by atomic mass is 9.85. The Labute approximate surface area is 216 Å². The Kier molecular flexibility index (Phi) is 7.22. The van der Waals surface area contributed by atoms with E-state index in [-0.39, 0.29) is 17.5 Å². The van der Waals surface area contributed by atoms with Crippen molar-refractivity contribution in [1.82, 2.24) is 4.90 Å². The van der Waals surface area contributed by atoms with E-state index >= 15 is 0 Å². The number of benzene rings is 2. The highest BCUT2D eigenvalue weighted by atomic mass is 35.5. The van der Waals surface area contributed by atoms with Gasteiger partial charge in [-0.1, -0.05) is 52.6 Å². The molecule has 0 bridgehead atoms. The number of hydrogen-bond acceptors (Lipinski definition) is 4. The SMILES string of the molecule is CSCC(=O)N1CC(c2ccc(C3=NOC(c4cc(Cl)c(Cl)c(C(F)(F)F)c4)(C(F)(F)F)C3)cc2)C1. The van der Waals surface area contributed by atoms with E-state index in [9.17, 15) is 31.1 Å². The van der Waals surface area contributed by atoms with Gasteiger partial charge in [-0.2, -0.15) is 38.1 Å². The fraction of sp³-hybridized carbons (Fsp3) is 0.391. The number of amides is 1. The molecule has 0 aromatic heterocycles. The smallest absolute Gasteiger partial charge is 0.374 e. The van der Waals surface area contributed by atoms with Crippen LogP contribution in [0.2, 0.25) is 10.0 Å². The lowest BCUT2D eigenvalue weighted by Crippen LogP contribution is -2.49. The summed E-state index contributed by atoms with van der Waals surface area (Å²) in [5.41, 5.74) is -4.35. The minimum atomic E-state index is -5.11. The van der Waals surface area contributed by atoms with Crippen molar-refractivity contribution in [2.45, 2.75) is 30.3 Å². The molecule has 1 saturated heterocycles. The average molecular weight is 571 g/mol. The second-order valence-electron chi connectivity index (χ2n) is 8.50. The maximum atomic E-state index is 14.2. The molecule has 2 aliphatic rings. The maximum Gasteiger partial charge on any atom is 0.435 e. The highest BCUT2D eigenvalue weighted by molar-refractivity contribution is 7.99. The molecule has 2 heterocycles. The van der Waals surface area contributed by atoms with Gasteiger partial charge in [0.15, 0.2) is 0 Å². The number of nitrogens with zero attached hydrogens (tertiary/aromatic N) is 2. The van der Waals surface area contributed by atoms with Crippen molar-refractivity contribution in [3.63, 3.8) is 0 Å². The number of hydrogen-bond donors (Lipinski definition) is 0. The van der Waals surface area contributed by atoms with Crippen molar-refractivity contribution in [3.8, 4) is 0 Å². The Morgan fingerprint density at radius 2 is 1.78 bits per heavy atom. The van der Waals surface area contributed by atoms with Crippen LogP contribution in [0.5, 0.6) is 0 Å². The summed E-state index contributed by atoms with van der Waals surface area (Å²) in [6, 6.07) is 7.62. The second kappa shape index (κ2) is 9.64. The first-order chi connectivity index (χ1) is 16.8. The van der Waals surface area contributed by atoms with Gasteiger partial charge in [0, 0.05) is 31.0 Å². The van der Waals surface area contributed by atoms with E-state index in [1.165, 1.54) is 11.8 Å². The summed E-state index contributed by atoms with van der Waals surface area (Å²) in [6.45, 7) is 1.11. The molecule has 0 aliphatic carbocycles. The second-order valence-corrected chi connectivity index (χ2v) is 10.2. The van der Waals surface area contributed by atoms with E-state index in [0.29, 0.717) is 30.5 Å². The van der Waals surface area contributed by atoms with Crippen LogP contribution in [0.4, 0.5) is 26.3 Å². The number of thioether (sulfide) groups is 1. The standard InChI is InChI=1S/C23H18Cl2F6N2O2S/c1-36-11-19(34)33-9-14(10-33)12-2-4-13(5-3-12)18-8-21(35-32-18,23(29,30)31)15-6-16(22(26,27)28)20(25)17(24)7-15/h2-7,14H,8-11H2,1H3. The quantitative estimate of drug-likeness (QED) is 0.368. The van der Waals surface area contributed by atoms with Crippen molar-refractivity contribution >= 4 is 46.6 Å². The molecule has 4 rings (SSSR count). The number of carbonyl (C=O) groups excluding carboxylic acids is 1. The van der Waals surface area contributed by atoms with E-state index in [1.54, 1.807) is 29.2 Å². The molecule has 0 N–H and O–H groups in total. The molecule has 1 fully saturated rings. The van der Waals surface area contributed by atoms with Crippen LogP contribution in [-0.2, 0) is 21.4 Å². The van der Waals surface area contributed by atoms with Gasteiger partial charge in [-0.25, -0.2) is 0 Å². The van der Waals surface area contributed by atoms with Crippen molar-refractivity contribution in [3.05, 3.63) is 68.7 Å². The number of oxime groups is 1. The molecular formula is C23H18Cl2F6N2O2S. The third-order valence-electron chi connectivity index (χ3n) is 6.20. The molecule has 1 amide bonds. The predicted octanol–water partition coefficient (Wildman–Crippen LogP) is 6.88. The maximum absolute atomic E-state index is 14.2. The third kappa shape index (κ3) is 4.89. The van der Waals surface area contributed by atoms with Gasteiger partial charge in [-0.05, 0) is 29.5 Å². The van der Waals surface area contributed by atoms with Crippen LogP contribution in [-0.4, -0.2) is 47.8 Å². The van der Waals surface area contributed by atoms with E-state index < -0.39 is 45.5 Å². The highest BCUT2D eigenvalue weighted by Crippen LogP contribution is 2.51. The largest absolute Gasteiger partial charge is 0.435 e. The summed E-state index contributed by atoms with van der Waals surface area (Å²) in [7, 11) is 0. The Hall–Kier alpha value is -2.11. The molecule has 0 spiro atoms. The van der Waals surface area contributed by atoms with Gasteiger partial charge < -0.3 is 9.74 Å². The normalized spacial score (nSPS) is 20.7. The molecular weight excluding hydrogens is 553 g/mol. The molecule has 2 aliphatic heterocycles. The predicted molar refractivity (Wildman–Crippen MR) is 126 cm³/mol. The van der Waals surface area contributed by atoms with Crippen LogP contribution in [0.1, 0.15) is 34.6 Å². The van der Waals surface area contributed by atoms with Gasteiger partial charge in [0.05, 0.1) is 27.1 Å². The van der Waals surface area contributed by atoms with E-state index in [0.717, 1.165) is 11.6 Å². The van der Waals surface area contributed by atoms with Gasteiger partial charge in [0.25, 0.3) is 5.60 Å². The van der Waals surface area contributed by atoms with Crippen LogP contribution < -0.4 is 0 Å². The minimum absolute atomic E-state index is 0.0484. The van der Waals surface area contributed by atoms with Crippen LogP contribution in [0.25, 0.3) is 0 Å². The first-order valence-corrected chi connectivity index (χ1v) is 12.7. The van der Waals surface area contributed by atoms with E-state index in [2.05, 4.69) is 5.16 Å². The Morgan fingerprint density at radius 3 is 2.33 bits per heavy atom. The summed E-state index contributed by atoms with van der Waals surface area (Å²) in [5, 5.41) is 2.01. The molecule has 2 aromatic rings. The van der Waals surface area contributed by atoms with Gasteiger partial charge in [0.1, 0.15) is 0 Å². The molecule has 1 unspecified atom stereocenters. The number of rotatable bonds is 5. The van der Waals surface area contributed by atoms with Crippen LogP contribution in [0.15, 0.2) is 41.6 Å². The fourth-order valence-electron chi connectivity index (χ4n) is 4.14. The Balaban J connectivity index is 1.57. The molecule has 1 atom stereocenters. The molecule has 4 nitrogen and oxygen atoms in total. The Bertz CT molecular complexity index is 1200. The summed E-state index contributed by atoms with van der Waals surface area (Å²) in [5.74, 6) is 0.556. The summed E-state index contributed by atoms with van der Waals surface area (Å²) in [4.78, 5) is 18.5. The number of carbonyl (C=O) groups is 1. The average Bonchev–Trinajstić information content (AvgIpc) is 3.21. The lowest BCUT2D eigenvalue weighted by Gasteiger charge is -2.39. The fourth-order valence-corrected chi connectivity index (χ4v) is 5.01. The summed E-state index contributed by atoms with van der Waals surface area (Å²) in [6.07, 6.45) is -9.16. The molecule has 0 saturated carbocycles. The zero-order valence-corrected chi connectivity index (χ0v) is 20.8. The van der Waals surface area contributed by atoms with Gasteiger partial charge >= 0.3 is 12.4 Å². The number of halogens is 8.